The number of amides is 1. The predicted molar refractivity (Wildman–Crippen MR) is 69.3 cm³/mol. The van der Waals surface area contributed by atoms with Crippen LogP contribution in [0.4, 0.5) is 11.4 Å². The molecule has 3 N–H and O–H groups in total. The van der Waals surface area contributed by atoms with E-state index in [2.05, 4.69) is 5.32 Å². The highest BCUT2D eigenvalue weighted by Gasteiger charge is 2.20. The number of benzene rings is 1. The number of nitrogens with two attached hydrogens (primary N) is 1. The molecule has 0 spiro atoms. The Morgan fingerprint density at radius 2 is 2.06 bits per heavy atom. The largest absolute Gasteiger partial charge is 0.373 e. The fourth-order valence-electron chi connectivity index (χ4n) is 1.61. The Labute approximate surface area is 105 Å². The van der Waals surface area contributed by atoms with Gasteiger partial charge in [0.15, 0.2) is 0 Å². The lowest BCUT2D eigenvalue weighted by Gasteiger charge is -2.21. The maximum absolute atomic E-state index is 11.3. The number of aryl methyl sites for hydroxylation is 1. The van der Waals surface area contributed by atoms with Crippen molar-refractivity contribution in [2.24, 2.45) is 11.7 Å². The summed E-state index contributed by atoms with van der Waals surface area (Å²) in [4.78, 5) is 21.5. The fourth-order valence-corrected chi connectivity index (χ4v) is 1.61. The van der Waals surface area contributed by atoms with E-state index in [-0.39, 0.29) is 11.6 Å². The summed E-state index contributed by atoms with van der Waals surface area (Å²) in [5.41, 5.74) is 6.66. The van der Waals surface area contributed by atoms with Crippen LogP contribution in [-0.2, 0) is 4.79 Å². The second-order valence-corrected chi connectivity index (χ2v) is 4.52. The molecule has 1 amide bonds. The van der Waals surface area contributed by atoms with Crippen molar-refractivity contribution in [2.75, 3.05) is 5.32 Å². The normalized spacial score (nSPS) is 12.2. The second kappa shape index (κ2) is 5.48. The zero-order valence-electron chi connectivity index (χ0n) is 10.6. The van der Waals surface area contributed by atoms with Gasteiger partial charge in [-0.1, -0.05) is 19.9 Å². The number of hydrogen-bond donors (Lipinski definition) is 2. The number of carbonyl (C=O) groups excluding carboxylic acids is 1. The zero-order valence-corrected chi connectivity index (χ0v) is 10.6. The summed E-state index contributed by atoms with van der Waals surface area (Å²) in [5.74, 6) is -0.475. The maximum atomic E-state index is 11.3. The lowest BCUT2D eigenvalue weighted by molar-refractivity contribution is -0.384. The first-order chi connectivity index (χ1) is 8.32. The number of primary amides is 1. The van der Waals surface area contributed by atoms with Crippen LogP contribution in [0.25, 0.3) is 0 Å². The van der Waals surface area contributed by atoms with Crippen LogP contribution in [0.3, 0.4) is 0 Å². The van der Waals surface area contributed by atoms with E-state index in [1.54, 1.807) is 6.07 Å². The van der Waals surface area contributed by atoms with Gasteiger partial charge in [0.05, 0.1) is 4.92 Å². The molecule has 1 unspecified atom stereocenters. The van der Waals surface area contributed by atoms with Crippen molar-refractivity contribution in [1.82, 2.24) is 0 Å². The van der Waals surface area contributed by atoms with Crippen LogP contribution in [-0.4, -0.2) is 16.9 Å². The molecule has 0 saturated heterocycles. The molecule has 0 aliphatic carbocycles. The molecule has 1 rings (SSSR count). The SMILES string of the molecule is Cc1ccc([N+](=O)[O-])cc1NC(C(N)=O)C(C)C. The molecule has 0 bridgehead atoms. The minimum atomic E-state index is -0.550. The molecule has 0 saturated carbocycles. The predicted octanol–water partition coefficient (Wildman–Crippen LogP) is 1.83. The topological polar surface area (TPSA) is 98.3 Å². The number of hydrogen-bond acceptors (Lipinski definition) is 4. The molecule has 6 heteroatoms. The van der Waals surface area contributed by atoms with Crippen LogP contribution in [0.15, 0.2) is 18.2 Å². The van der Waals surface area contributed by atoms with Crippen molar-refractivity contribution in [3.63, 3.8) is 0 Å². The molecule has 0 aliphatic rings. The number of non-ortho nitro benzene ring substituents is 1. The molecular weight excluding hydrogens is 234 g/mol. The van der Waals surface area contributed by atoms with Gasteiger partial charge in [-0.15, -0.1) is 0 Å². The lowest BCUT2D eigenvalue weighted by atomic mass is 10.0. The average Bonchev–Trinajstić information content (AvgIpc) is 2.26. The number of anilines is 1. The van der Waals surface area contributed by atoms with Crippen LogP contribution in [0.5, 0.6) is 0 Å². The van der Waals surface area contributed by atoms with Gasteiger partial charge in [-0.05, 0) is 18.4 Å². The summed E-state index contributed by atoms with van der Waals surface area (Å²) in [6, 6.07) is 3.92. The summed E-state index contributed by atoms with van der Waals surface area (Å²) >= 11 is 0. The number of rotatable bonds is 5. The van der Waals surface area contributed by atoms with Crippen molar-refractivity contribution in [3.8, 4) is 0 Å². The number of nitrogens with zero attached hydrogens (tertiary/aromatic N) is 1. The van der Waals surface area contributed by atoms with Crippen molar-refractivity contribution < 1.29 is 9.72 Å². The van der Waals surface area contributed by atoms with E-state index in [0.29, 0.717) is 5.69 Å². The van der Waals surface area contributed by atoms with Gasteiger partial charge >= 0.3 is 0 Å². The molecule has 1 aromatic rings. The fraction of sp³-hybridized carbons (Fsp3) is 0.417. The Hall–Kier alpha value is -2.11. The van der Waals surface area contributed by atoms with Crippen LogP contribution in [0, 0.1) is 23.0 Å². The van der Waals surface area contributed by atoms with E-state index >= 15 is 0 Å². The van der Waals surface area contributed by atoms with Crippen molar-refractivity contribution in [2.45, 2.75) is 26.8 Å². The molecule has 0 fully saturated rings. The average molecular weight is 251 g/mol. The lowest BCUT2D eigenvalue weighted by Crippen LogP contribution is -2.39. The van der Waals surface area contributed by atoms with Gasteiger partial charge < -0.3 is 11.1 Å². The number of nitro groups is 1. The molecule has 0 aliphatic heterocycles. The number of carbonyl (C=O) groups is 1. The molecule has 18 heavy (non-hydrogen) atoms. The molecule has 0 aromatic heterocycles. The first-order valence-corrected chi connectivity index (χ1v) is 5.63. The maximum Gasteiger partial charge on any atom is 0.271 e. The van der Waals surface area contributed by atoms with Crippen molar-refractivity contribution in [1.29, 1.82) is 0 Å². The summed E-state index contributed by atoms with van der Waals surface area (Å²) in [7, 11) is 0. The summed E-state index contributed by atoms with van der Waals surface area (Å²) in [5, 5.41) is 13.7. The summed E-state index contributed by atoms with van der Waals surface area (Å²) in [6.07, 6.45) is 0. The molecule has 0 radical (unpaired) electrons. The second-order valence-electron chi connectivity index (χ2n) is 4.52. The third-order valence-electron chi connectivity index (χ3n) is 2.72. The highest BCUT2D eigenvalue weighted by Crippen LogP contribution is 2.23. The number of nitro benzene ring substituents is 1. The van der Waals surface area contributed by atoms with Crippen LogP contribution < -0.4 is 11.1 Å². The van der Waals surface area contributed by atoms with E-state index in [1.165, 1.54) is 12.1 Å². The monoisotopic (exact) mass is 251 g/mol. The minimum Gasteiger partial charge on any atom is -0.373 e. The van der Waals surface area contributed by atoms with Crippen LogP contribution >= 0.6 is 0 Å². The number of nitrogens with one attached hydrogen (secondary N) is 1. The molecule has 98 valence electrons. The Morgan fingerprint density at radius 1 is 1.44 bits per heavy atom. The van der Waals surface area contributed by atoms with Crippen LogP contribution in [0.1, 0.15) is 19.4 Å². The minimum absolute atomic E-state index is 0.00108. The van der Waals surface area contributed by atoms with E-state index in [9.17, 15) is 14.9 Å². The van der Waals surface area contributed by atoms with Gasteiger partial charge in [0.2, 0.25) is 5.91 Å². The van der Waals surface area contributed by atoms with E-state index in [0.717, 1.165) is 5.56 Å². The van der Waals surface area contributed by atoms with Gasteiger partial charge in [0.1, 0.15) is 6.04 Å². The highest BCUT2D eigenvalue weighted by molar-refractivity contribution is 5.83. The Balaban J connectivity index is 3.05. The van der Waals surface area contributed by atoms with E-state index in [4.69, 9.17) is 5.73 Å². The van der Waals surface area contributed by atoms with Crippen LogP contribution in [0.2, 0.25) is 0 Å². The van der Waals surface area contributed by atoms with Gasteiger partial charge in [0, 0.05) is 17.8 Å². The van der Waals surface area contributed by atoms with Gasteiger partial charge in [0.25, 0.3) is 5.69 Å². The first kappa shape index (κ1) is 14.0. The zero-order chi connectivity index (χ0) is 13.9. The van der Waals surface area contributed by atoms with Gasteiger partial charge in [-0.25, -0.2) is 0 Å². The van der Waals surface area contributed by atoms with Gasteiger partial charge in [-0.2, -0.15) is 0 Å². The standard InChI is InChI=1S/C12H17N3O3/c1-7(2)11(12(13)16)14-10-6-9(15(17)18)5-4-8(10)3/h4-7,11,14H,1-3H3,(H2,13,16). The van der Waals surface area contributed by atoms with E-state index < -0.39 is 16.9 Å². The van der Waals surface area contributed by atoms with Crippen molar-refractivity contribution in [3.05, 3.63) is 33.9 Å². The molecule has 6 nitrogen and oxygen atoms in total. The third kappa shape index (κ3) is 3.19. The molecule has 0 heterocycles. The smallest absolute Gasteiger partial charge is 0.271 e. The van der Waals surface area contributed by atoms with Gasteiger partial charge in [-0.3, -0.25) is 14.9 Å². The Kier molecular flexibility index (Phi) is 4.25. The summed E-state index contributed by atoms with van der Waals surface area (Å²) in [6.45, 7) is 5.52. The van der Waals surface area contributed by atoms with Crippen molar-refractivity contribution >= 4 is 17.3 Å². The highest BCUT2D eigenvalue weighted by atomic mass is 16.6. The Bertz CT molecular complexity index is 472. The third-order valence-corrected chi connectivity index (χ3v) is 2.72. The summed E-state index contributed by atoms with van der Waals surface area (Å²) < 4.78 is 0. The molecule has 1 aromatic carbocycles. The van der Waals surface area contributed by atoms with E-state index in [1.807, 2.05) is 20.8 Å². The molecule has 1 atom stereocenters. The quantitative estimate of drug-likeness (QED) is 0.616. The first-order valence-electron chi connectivity index (χ1n) is 5.63. The Morgan fingerprint density at radius 3 is 2.50 bits per heavy atom. The molecular formula is C12H17N3O3.